The summed E-state index contributed by atoms with van der Waals surface area (Å²) < 4.78 is 10.3. The van der Waals surface area contributed by atoms with Crippen molar-refractivity contribution in [2.45, 2.75) is 6.92 Å². The number of hydrogen-bond donors (Lipinski definition) is 1. The maximum absolute atomic E-state index is 12.2. The molecule has 0 radical (unpaired) electrons. The number of nitrogens with one attached hydrogen (secondary N) is 1. The van der Waals surface area contributed by atoms with Gasteiger partial charge in [0.15, 0.2) is 23.1 Å². The molecule has 0 spiro atoms. The van der Waals surface area contributed by atoms with Gasteiger partial charge in [-0.1, -0.05) is 12.1 Å². The van der Waals surface area contributed by atoms with Crippen molar-refractivity contribution in [1.82, 2.24) is 0 Å². The Morgan fingerprint density at radius 1 is 0.958 bits per heavy atom. The molecule has 0 saturated heterocycles. The van der Waals surface area contributed by atoms with Gasteiger partial charge >= 0.3 is 0 Å². The average Bonchev–Trinajstić information content (AvgIpc) is 2.61. The molecule has 0 aliphatic rings. The Hall–Kier alpha value is -3.08. The summed E-state index contributed by atoms with van der Waals surface area (Å²) in [7, 11) is 3.06. The molecule has 5 nitrogen and oxygen atoms in total. The summed E-state index contributed by atoms with van der Waals surface area (Å²) in [5.41, 5.74) is 1.84. The number of carbonyl (C=O) groups is 2. The van der Waals surface area contributed by atoms with Crippen LogP contribution in [0.4, 0.5) is 5.69 Å². The van der Waals surface area contributed by atoms with Crippen LogP contribution in [0.2, 0.25) is 0 Å². The Kier molecular flexibility index (Phi) is 5.73. The van der Waals surface area contributed by atoms with Crippen LogP contribution in [-0.4, -0.2) is 25.8 Å². The number of allylic oxidation sites excluding steroid dienone is 1. The molecule has 0 saturated carbocycles. The van der Waals surface area contributed by atoms with E-state index in [0.717, 1.165) is 5.69 Å². The van der Waals surface area contributed by atoms with E-state index < -0.39 is 0 Å². The minimum atomic E-state index is -0.175. The Labute approximate surface area is 140 Å². The zero-order chi connectivity index (χ0) is 17.5. The number of hydrogen-bond acceptors (Lipinski definition) is 5. The van der Waals surface area contributed by atoms with Crippen molar-refractivity contribution in [1.29, 1.82) is 0 Å². The first-order valence-corrected chi connectivity index (χ1v) is 7.35. The normalized spacial score (nSPS) is 10.5. The van der Waals surface area contributed by atoms with E-state index in [4.69, 9.17) is 9.47 Å². The average molecular weight is 325 g/mol. The van der Waals surface area contributed by atoms with E-state index in [-0.39, 0.29) is 11.6 Å². The third kappa shape index (κ3) is 4.23. The van der Waals surface area contributed by atoms with E-state index in [2.05, 4.69) is 5.32 Å². The van der Waals surface area contributed by atoms with Crippen LogP contribution in [-0.2, 0) is 0 Å². The summed E-state index contributed by atoms with van der Waals surface area (Å²) in [6, 6.07) is 12.1. The molecule has 1 N–H and O–H groups in total. The number of benzene rings is 2. The number of methoxy groups -OCH3 is 2. The highest BCUT2D eigenvalue weighted by molar-refractivity contribution is 6.05. The highest BCUT2D eigenvalue weighted by Gasteiger charge is 2.08. The second-order valence-electron chi connectivity index (χ2n) is 5.05. The first-order chi connectivity index (χ1) is 11.5. The van der Waals surface area contributed by atoms with Crippen LogP contribution < -0.4 is 14.8 Å². The zero-order valence-electron chi connectivity index (χ0n) is 13.8. The molecule has 0 heterocycles. The number of carbonyl (C=O) groups excluding carboxylic acids is 2. The van der Waals surface area contributed by atoms with Crippen molar-refractivity contribution in [3.8, 4) is 11.5 Å². The molecule has 24 heavy (non-hydrogen) atoms. The maximum atomic E-state index is 12.2. The van der Waals surface area contributed by atoms with Crippen molar-refractivity contribution in [2.75, 3.05) is 19.5 Å². The minimum absolute atomic E-state index is 0.0102. The van der Waals surface area contributed by atoms with Crippen LogP contribution in [0.25, 0.3) is 0 Å². The number of anilines is 1. The second-order valence-corrected chi connectivity index (χ2v) is 5.05. The van der Waals surface area contributed by atoms with Crippen molar-refractivity contribution < 1.29 is 19.1 Å². The molecule has 0 fully saturated rings. The third-order valence-corrected chi connectivity index (χ3v) is 3.42. The quantitative estimate of drug-likeness (QED) is 0.621. The van der Waals surface area contributed by atoms with Gasteiger partial charge in [0.1, 0.15) is 0 Å². The van der Waals surface area contributed by atoms with Gasteiger partial charge in [0.05, 0.1) is 14.2 Å². The van der Waals surface area contributed by atoms with Crippen LogP contribution in [0.5, 0.6) is 11.5 Å². The predicted octanol–water partition coefficient (Wildman–Crippen LogP) is 3.71. The van der Waals surface area contributed by atoms with Gasteiger partial charge in [-0.2, -0.15) is 0 Å². The van der Waals surface area contributed by atoms with Crippen LogP contribution in [0.3, 0.4) is 0 Å². The van der Waals surface area contributed by atoms with Crippen LogP contribution in [0.15, 0.2) is 54.7 Å². The van der Waals surface area contributed by atoms with Gasteiger partial charge in [-0.15, -0.1) is 0 Å². The van der Waals surface area contributed by atoms with Gasteiger partial charge in [-0.05, 0) is 37.3 Å². The smallest absolute Gasteiger partial charge is 0.187 e. The number of ether oxygens (including phenoxy) is 2. The molecule has 124 valence electrons. The molecule has 2 rings (SSSR count). The van der Waals surface area contributed by atoms with Crippen molar-refractivity contribution in [2.24, 2.45) is 0 Å². The molecule has 5 heteroatoms. The van der Waals surface area contributed by atoms with E-state index in [1.54, 1.807) is 43.5 Å². The second kappa shape index (κ2) is 7.97. The summed E-state index contributed by atoms with van der Waals surface area (Å²) >= 11 is 0. The zero-order valence-corrected chi connectivity index (χ0v) is 13.8. The Morgan fingerprint density at radius 3 is 2.38 bits per heavy atom. The van der Waals surface area contributed by atoms with E-state index in [1.807, 2.05) is 6.07 Å². The van der Waals surface area contributed by atoms with Gasteiger partial charge in [-0.3, -0.25) is 9.59 Å². The van der Waals surface area contributed by atoms with Crippen LogP contribution >= 0.6 is 0 Å². The largest absolute Gasteiger partial charge is 0.493 e. The van der Waals surface area contributed by atoms with E-state index in [1.165, 1.54) is 26.3 Å². The van der Waals surface area contributed by atoms with Crippen LogP contribution in [0.1, 0.15) is 27.6 Å². The molecule has 0 unspecified atom stereocenters. The van der Waals surface area contributed by atoms with Crippen molar-refractivity contribution >= 4 is 17.3 Å². The van der Waals surface area contributed by atoms with Gasteiger partial charge < -0.3 is 14.8 Å². The maximum Gasteiger partial charge on any atom is 0.187 e. The highest BCUT2D eigenvalue weighted by Crippen LogP contribution is 2.27. The number of rotatable bonds is 7. The monoisotopic (exact) mass is 325 g/mol. The van der Waals surface area contributed by atoms with Crippen molar-refractivity contribution in [3.63, 3.8) is 0 Å². The lowest BCUT2D eigenvalue weighted by atomic mass is 10.1. The summed E-state index contributed by atoms with van der Waals surface area (Å²) in [5, 5.41) is 2.98. The molecule has 0 aliphatic heterocycles. The number of Topliss-reactive ketones (excluding diaryl/α,β-unsaturated/α-hetero) is 1. The van der Waals surface area contributed by atoms with Gasteiger partial charge in [0, 0.05) is 29.1 Å². The molecule has 0 aromatic heterocycles. The summed E-state index contributed by atoms with van der Waals surface area (Å²) in [6.07, 6.45) is 2.96. The molecular weight excluding hydrogens is 306 g/mol. The molecule has 2 aromatic rings. The topological polar surface area (TPSA) is 64.6 Å². The third-order valence-electron chi connectivity index (χ3n) is 3.42. The molecule has 0 atom stereocenters. The predicted molar refractivity (Wildman–Crippen MR) is 93.1 cm³/mol. The fourth-order valence-corrected chi connectivity index (χ4v) is 2.13. The minimum Gasteiger partial charge on any atom is -0.493 e. The lowest BCUT2D eigenvalue weighted by Crippen LogP contribution is -1.99. The molecule has 0 amide bonds. The van der Waals surface area contributed by atoms with E-state index in [9.17, 15) is 9.59 Å². The van der Waals surface area contributed by atoms with Gasteiger partial charge in [0.25, 0.3) is 0 Å². The van der Waals surface area contributed by atoms with Crippen molar-refractivity contribution in [3.05, 3.63) is 65.9 Å². The highest BCUT2D eigenvalue weighted by atomic mass is 16.5. The molecule has 0 aliphatic carbocycles. The lowest BCUT2D eigenvalue weighted by molar-refractivity contribution is 0.101. The molecule has 2 aromatic carbocycles. The SMILES string of the molecule is COc1ccc(C(=O)/C=C/Nc2cccc(C(C)=O)c2)cc1OC. The summed E-state index contributed by atoms with van der Waals surface area (Å²) in [4.78, 5) is 23.6. The first-order valence-electron chi connectivity index (χ1n) is 7.35. The molecule has 0 bridgehead atoms. The van der Waals surface area contributed by atoms with Crippen LogP contribution in [0, 0.1) is 0 Å². The number of ketones is 2. The van der Waals surface area contributed by atoms with E-state index in [0.29, 0.717) is 22.6 Å². The van der Waals surface area contributed by atoms with Gasteiger partial charge in [0.2, 0.25) is 0 Å². The Bertz CT molecular complexity index is 781. The fourth-order valence-electron chi connectivity index (χ4n) is 2.13. The first kappa shape index (κ1) is 17.3. The van der Waals surface area contributed by atoms with E-state index >= 15 is 0 Å². The fraction of sp³-hybridized carbons (Fsp3) is 0.158. The summed E-state index contributed by atoms with van der Waals surface area (Å²) in [5.74, 6) is 0.881. The molecular formula is C19H19NO4. The standard InChI is InChI=1S/C19H19NO4/c1-13(21)14-5-4-6-16(11-14)20-10-9-17(22)15-7-8-18(23-2)19(12-15)24-3/h4-12,20H,1-3H3/b10-9+. The lowest BCUT2D eigenvalue weighted by Gasteiger charge is -2.08. The summed E-state index contributed by atoms with van der Waals surface area (Å²) in [6.45, 7) is 1.51. The Balaban J connectivity index is 2.08. The Morgan fingerprint density at radius 2 is 1.71 bits per heavy atom. The van der Waals surface area contributed by atoms with Gasteiger partial charge in [-0.25, -0.2) is 0 Å².